The minimum atomic E-state index is -0.197. The monoisotopic (exact) mass is 298 g/mol. The first kappa shape index (κ1) is 15.7. The molecule has 1 fully saturated rings. The number of hydrogen-bond donors (Lipinski definition) is 2. The minimum Gasteiger partial charge on any atom is -0.271 e. The molecular weight excluding hydrogens is 275 g/mol. The van der Waals surface area contributed by atoms with Crippen LogP contribution in [0.15, 0.2) is 18.2 Å². The van der Waals surface area contributed by atoms with Crippen molar-refractivity contribution in [2.75, 3.05) is 0 Å². The van der Waals surface area contributed by atoms with Gasteiger partial charge in [-0.25, -0.2) is 4.39 Å². The zero-order valence-corrected chi connectivity index (χ0v) is 12.8. The molecular formula is C16H24ClFN2. The Balaban J connectivity index is 2.00. The van der Waals surface area contributed by atoms with Crippen LogP contribution in [0.5, 0.6) is 0 Å². The maximum atomic E-state index is 13.8. The Hall–Kier alpha value is -0.640. The van der Waals surface area contributed by atoms with Crippen molar-refractivity contribution in [3.05, 3.63) is 34.6 Å². The Morgan fingerprint density at radius 1 is 1.35 bits per heavy atom. The molecule has 0 radical (unpaired) electrons. The van der Waals surface area contributed by atoms with E-state index in [1.807, 2.05) is 0 Å². The second-order valence-corrected chi connectivity index (χ2v) is 6.34. The maximum Gasteiger partial charge on any atom is 0.126 e. The number of nitrogens with one attached hydrogen (secondary N) is 1. The van der Waals surface area contributed by atoms with Crippen LogP contribution in [0.2, 0.25) is 5.02 Å². The van der Waals surface area contributed by atoms with Crippen LogP contribution in [0.3, 0.4) is 0 Å². The van der Waals surface area contributed by atoms with Crippen molar-refractivity contribution in [2.45, 2.75) is 51.5 Å². The average molecular weight is 299 g/mol. The second kappa shape index (κ2) is 7.39. The molecule has 3 N–H and O–H groups in total. The van der Waals surface area contributed by atoms with Crippen LogP contribution >= 0.6 is 11.6 Å². The third-order valence-corrected chi connectivity index (χ3v) is 4.93. The van der Waals surface area contributed by atoms with Crippen molar-refractivity contribution in [1.29, 1.82) is 0 Å². The lowest BCUT2D eigenvalue weighted by atomic mass is 9.76. The summed E-state index contributed by atoms with van der Waals surface area (Å²) in [4.78, 5) is 0. The van der Waals surface area contributed by atoms with Gasteiger partial charge >= 0.3 is 0 Å². The van der Waals surface area contributed by atoms with Crippen LogP contribution in [0.25, 0.3) is 0 Å². The fourth-order valence-corrected chi connectivity index (χ4v) is 3.49. The molecule has 2 rings (SSSR count). The zero-order chi connectivity index (χ0) is 14.5. The molecule has 1 aromatic rings. The maximum absolute atomic E-state index is 13.8. The molecule has 0 saturated heterocycles. The van der Waals surface area contributed by atoms with E-state index in [1.54, 1.807) is 12.1 Å². The minimum absolute atomic E-state index is 0.126. The van der Waals surface area contributed by atoms with E-state index in [1.165, 1.54) is 38.2 Å². The highest BCUT2D eigenvalue weighted by Gasteiger charge is 2.27. The summed E-state index contributed by atoms with van der Waals surface area (Å²) in [5, 5.41) is 0.576. The van der Waals surface area contributed by atoms with Gasteiger partial charge in [0.25, 0.3) is 0 Å². The molecule has 0 spiro atoms. The summed E-state index contributed by atoms with van der Waals surface area (Å²) in [7, 11) is 0. The highest BCUT2D eigenvalue weighted by atomic mass is 35.5. The molecule has 4 heteroatoms. The smallest absolute Gasteiger partial charge is 0.126 e. The average Bonchev–Trinajstić information content (AvgIpc) is 2.48. The largest absolute Gasteiger partial charge is 0.271 e. The van der Waals surface area contributed by atoms with Gasteiger partial charge in [0.05, 0.1) is 0 Å². The van der Waals surface area contributed by atoms with Gasteiger partial charge in [-0.3, -0.25) is 11.3 Å². The van der Waals surface area contributed by atoms with Crippen molar-refractivity contribution < 1.29 is 4.39 Å². The summed E-state index contributed by atoms with van der Waals surface area (Å²) in [5.41, 5.74) is 3.54. The molecule has 20 heavy (non-hydrogen) atoms. The molecule has 1 saturated carbocycles. The Morgan fingerprint density at radius 2 is 2.05 bits per heavy atom. The normalized spacial score (nSPS) is 24.6. The van der Waals surface area contributed by atoms with Crippen LogP contribution in [-0.4, -0.2) is 6.04 Å². The number of hydrazine groups is 1. The number of nitrogens with two attached hydrogens (primary N) is 1. The van der Waals surface area contributed by atoms with E-state index in [4.69, 9.17) is 17.4 Å². The summed E-state index contributed by atoms with van der Waals surface area (Å²) in [6.45, 7) is 2.25. The van der Waals surface area contributed by atoms with Crippen molar-refractivity contribution in [3.8, 4) is 0 Å². The SMILES string of the molecule is CCC1CCC(C(Cc2cc(Cl)ccc2F)NN)CC1. The van der Waals surface area contributed by atoms with Gasteiger partial charge in [-0.05, 0) is 54.9 Å². The van der Waals surface area contributed by atoms with Crippen LogP contribution in [0.4, 0.5) is 4.39 Å². The number of benzene rings is 1. The molecule has 1 aliphatic carbocycles. The first-order valence-electron chi connectivity index (χ1n) is 7.54. The summed E-state index contributed by atoms with van der Waals surface area (Å²) >= 11 is 5.95. The van der Waals surface area contributed by atoms with Crippen molar-refractivity contribution in [3.63, 3.8) is 0 Å². The summed E-state index contributed by atoms with van der Waals surface area (Å²) in [6, 6.07) is 4.84. The molecule has 1 aromatic carbocycles. The molecule has 0 amide bonds. The molecule has 0 aliphatic heterocycles. The van der Waals surface area contributed by atoms with Crippen molar-refractivity contribution in [1.82, 2.24) is 5.43 Å². The molecule has 1 unspecified atom stereocenters. The van der Waals surface area contributed by atoms with Gasteiger partial charge in [0.15, 0.2) is 0 Å². The predicted octanol–water partition coefficient (Wildman–Crippen LogP) is 4.07. The molecule has 2 nitrogen and oxygen atoms in total. The Labute approximate surface area is 125 Å². The van der Waals surface area contributed by atoms with E-state index >= 15 is 0 Å². The topological polar surface area (TPSA) is 38.0 Å². The molecule has 1 aliphatic rings. The summed E-state index contributed by atoms with van der Waals surface area (Å²) in [5.74, 6) is 6.89. The van der Waals surface area contributed by atoms with Gasteiger partial charge in [0.2, 0.25) is 0 Å². The van der Waals surface area contributed by atoms with E-state index in [2.05, 4.69) is 12.3 Å². The van der Waals surface area contributed by atoms with E-state index in [-0.39, 0.29) is 11.9 Å². The summed E-state index contributed by atoms with van der Waals surface area (Å²) in [6.07, 6.45) is 6.74. The van der Waals surface area contributed by atoms with Gasteiger partial charge in [0, 0.05) is 11.1 Å². The lowest BCUT2D eigenvalue weighted by molar-refractivity contribution is 0.216. The quantitative estimate of drug-likeness (QED) is 0.635. The van der Waals surface area contributed by atoms with E-state index in [9.17, 15) is 4.39 Å². The van der Waals surface area contributed by atoms with E-state index in [0.29, 0.717) is 22.9 Å². The van der Waals surface area contributed by atoms with Gasteiger partial charge in [-0.2, -0.15) is 0 Å². The first-order chi connectivity index (χ1) is 9.63. The highest BCUT2D eigenvalue weighted by Crippen LogP contribution is 2.33. The molecule has 112 valence electrons. The zero-order valence-electron chi connectivity index (χ0n) is 12.0. The number of rotatable bonds is 5. The van der Waals surface area contributed by atoms with Gasteiger partial charge in [-0.15, -0.1) is 0 Å². The van der Waals surface area contributed by atoms with Gasteiger partial charge in [0.1, 0.15) is 5.82 Å². The Morgan fingerprint density at radius 3 is 2.65 bits per heavy atom. The van der Waals surface area contributed by atoms with Gasteiger partial charge in [-0.1, -0.05) is 37.8 Å². The number of hydrogen-bond acceptors (Lipinski definition) is 2. The Bertz CT molecular complexity index is 430. The van der Waals surface area contributed by atoms with E-state index < -0.39 is 0 Å². The fourth-order valence-electron chi connectivity index (χ4n) is 3.30. The third kappa shape index (κ3) is 3.94. The standard InChI is InChI=1S/C16H24ClFN2/c1-2-11-3-5-12(6-4-11)16(20-19)10-13-9-14(17)7-8-15(13)18/h7-9,11-12,16,20H,2-6,10,19H2,1H3. The van der Waals surface area contributed by atoms with Crippen molar-refractivity contribution >= 4 is 11.6 Å². The fraction of sp³-hybridized carbons (Fsp3) is 0.625. The lowest BCUT2D eigenvalue weighted by Gasteiger charge is -2.33. The van der Waals surface area contributed by atoms with Crippen molar-refractivity contribution in [2.24, 2.45) is 17.7 Å². The number of halogens is 2. The molecule has 0 heterocycles. The molecule has 0 aromatic heterocycles. The highest BCUT2D eigenvalue weighted by molar-refractivity contribution is 6.30. The predicted molar refractivity (Wildman–Crippen MR) is 82.0 cm³/mol. The first-order valence-corrected chi connectivity index (χ1v) is 7.91. The van der Waals surface area contributed by atoms with Crippen LogP contribution in [0.1, 0.15) is 44.6 Å². The molecule has 1 atom stereocenters. The van der Waals surface area contributed by atoms with Crippen LogP contribution < -0.4 is 11.3 Å². The van der Waals surface area contributed by atoms with Crippen LogP contribution in [-0.2, 0) is 6.42 Å². The van der Waals surface area contributed by atoms with E-state index in [0.717, 1.165) is 5.92 Å². The van der Waals surface area contributed by atoms with Crippen LogP contribution in [0, 0.1) is 17.7 Å². The summed E-state index contributed by atoms with van der Waals surface area (Å²) < 4.78 is 13.8. The molecule has 0 bridgehead atoms. The second-order valence-electron chi connectivity index (χ2n) is 5.90. The Kier molecular flexibility index (Phi) is 5.82. The van der Waals surface area contributed by atoms with Gasteiger partial charge < -0.3 is 0 Å². The lowest BCUT2D eigenvalue weighted by Crippen LogP contribution is -2.43. The third-order valence-electron chi connectivity index (χ3n) is 4.70.